The van der Waals surface area contributed by atoms with Gasteiger partial charge in [-0.2, -0.15) is 0 Å². The molecular weight excluding hydrogens is 362 g/mol. The van der Waals surface area contributed by atoms with Crippen LogP contribution >= 0.6 is 15.9 Å². The Labute approximate surface area is 131 Å². The summed E-state index contributed by atoms with van der Waals surface area (Å²) < 4.78 is 39.6. The predicted molar refractivity (Wildman–Crippen MR) is 80.7 cm³/mol. The average Bonchev–Trinajstić information content (AvgIpc) is 2.46. The molecule has 0 amide bonds. The molecular formula is C15H11BrF2O2S. The molecule has 2 aromatic carbocycles. The van der Waals surface area contributed by atoms with Gasteiger partial charge < -0.3 is 0 Å². The van der Waals surface area contributed by atoms with Gasteiger partial charge in [0.15, 0.2) is 5.78 Å². The second-order valence-electron chi connectivity index (χ2n) is 4.39. The minimum atomic E-state index is -1.89. The zero-order chi connectivity index (χ0) is 15.6. The van der Waals surface area contributed by atoms with Crippen molar-refractivity contribution in [2.45, 2.75) is 17.1 Å². The average molecular weight is 373 g/mol. The van der Waals surface area contributed by atoms with Crippen molar-refractivity contribution in [1.29, 1.82) is 0 Å². The minimum absolute atomic E-state index is 0.172. The van der Waals surface area contributed by atoms with Crippen LogP contribution in [0.4, 0.5) is 8.78 Å². The SMILES string of the molecule is CC(C(=O)c1ccc(Br)cc1)S(=O)c1ccc(F)cc1F. The first-order valence-corrected chi connectivity index (χ1v) is 8.06. The Morgan fingerprint density at radius 1 is 1.14 bits per heavy atom. The van der Waals surface area contributed by atoms with E-state index in [4.69, 9.17) is 0 Å². The summed E-state index contributed by atoms with van der Waals surface area (Å²) in [5, 5.41) is -0.925. The molecule has 6 heteroatoms. The monoisotopic (exact) mass is 372 g/mol. The van der Waals surface area contributed by atoms with Crippen molar-refractivity contribution in [3.8, 4) is 0 Å². The van der Waals surface area contributed by atoms with Crippen molar-refractivity contribution in [2.75, 3.05) is 0 Å². The Hall–Kier alpha value is -1.40. The van der Waals surface area contributed by atoms with E-state index < -0.39 is 27.7 Å². The van der Waals surface area contributed by atoms with E-state index in [1.54, 1.807) is 24.3 Å². The maximum Gasteiger partial charge on any atom is 0.178 e. The van der Waals surface area contributed by atoms with E-state index in [-0.39, 0.29) is 10.7 Å². The standard InChI is InChI=1S/C15H11BrF2O2S/c1-9(15(19)10-2-4-11(16)5-3-10)21(20)14-7-6-12(17)8-13(14)18/h2-9H,1H3. The summed E-state index contributed by atoms with van der Waals surface area (Å²) in [5.41, 5.74) is 0.390. The van der Waals surface area contributed by atoms with Crippen molar-refractivity contribution in [3.63, 3.8) is 0 Å². The molecule has 0 radical (unpaired) electrons. The van der Waals surface area contributed by atoms with Gasteiger partial charge in [-0.3, -0.25) is 9.00 Å². The molecule has 0 N–H and O–H groups in total. The zero-order valence-electron chi connectivity index (χ0n) is 11.0. The van der Waals surface area contributed by atoms with E-state index >= 15 is 0 Å². The van der Waals surface area contributed by atoms with Crippen molar-refractivity contribution in [2.24, 2.45) is 0 Å². The fraction of sp³-hybridized carbons (Fsp3) is 0.133. The lowest BCUT2D eigenvalue weighted by atomic mass is 10.1. The van der Waals surface area contributed by atoms with Crippen LogP contribution in [-0.4, -0.2) is 15.2 Å². The molecule has 0 aromatic heterocycles. The summed E-state index contributed by atoms with van der Waals surface area (Å²) >= 11 is 3.26. The minimum Gasteiger partial charge on any atom is -0.293 e. The second kappa shape index (κ2) is 6.58. The van der Waals surface area contributed by atoms with Gasteiger partial charge in [0.2, 0.25) is 0 Å². The van der Waals surface area contributed by atoms with E-state index in [1.165, 1.54) is 6.92 Å². The van der Waals surface area contributed by atoms with Crippen LogP contribution in [0.5, 0.6) is 0 Å². The maximum absolute atomic E-state index is 13.6. The van der Waals surface area contributed by atoms with Crippen LogP contribution in [0.25, 0.3) is 0 Å². The Balaban J connectivity index is 2.26. The molecule has 21 heavy (non-hydrogen) atoms. The number of hydrogen-bond donors (Lipinski definition) is 0. The number of hydrogen-bond acceptors (Lipinski definition) is 2. The van der Waals surface area contributed by atoms with Crippen LogP contribution in [0.1, 0.15) is 17.3 Å². The molecule has 110 valence electrons. The molecule has 0 aliphatic rings. The van der Waals surface area contributed by atoms with Gasteiger partial charge in [-0.05, 0) is 31.2 Å². The third-order valence-corrected chi connectivity index (χ3v) is 5.08. The molecule has 2 rings (SSSR count). The Morgan fingerprint density at radius 2 is 1.76 bits per heavy atom. The third-order valence-electron chi connectivity index (χ3n) is 2.93. The summed E-state index contributed by atoms with van der Waals surface area (Å²) in [7, 11) is -1.89. The summed E-state index contributed by atoms with van der Waals surface area (Å²) in [4.78, 5) is 12.1. The van der Waals surface area contributed by atoms with Crippen LogP contribution in [-0.2, 0) is 10.8 Å². The van der Waals surface area contributed by atoms with Crippen molar-refractivity contribution in [1.82, 2.24) is 0 Å². The molecule has 0 saturated heterocycles. The number of carbonyl (C=O) groups excluding carboxylic acids is 1. The molecule has 0 aliphatic carbocycles. The highest BCUT2D eigenvalue weighted by atomic mass is 79.9. The number of rotatable bonds is 4. The molecule has 2 nitrogen and oxygen atoms in total. The van der Waals surface area contributed by atoms with Crippen LogP contribution in [0, 0.1) is 11.6 Å². The van der Waals surface area contributed by atoms with Crippen molar-refractivity contribution < 1.29 is 17.8 Å². The predicted octanol–water partition coefficient (Wildman–Crippen LogP) is 4.11. The number of Topliss-reactive ketones (excluding diaryl/α,β-unsaturated/α-hetero) is 1. The highest BCUT2D eigenvalue weighted by Gasteiger charge is 2.25. The molecule has 0 saturated carbocycles. The topological polar surface area (TPSA) is 34.1 Å². The molecule has 0 spiro atoms. The molecule has 2 unspecified atom stereocenters. The summed E-state index contributed by atoms with van der Waals surface area (Å²) in [6, 6.07) is 9.37. The van der Waals surface area contributed by atoms with Crippen LogP contribution < -0.4 is 0 Å². The Bertz CT molecular complexity index is 701. The van der Waals surface area contributed by atoms with Gasteiger partial charge in [-0.15, -0.1) is 0 Å². The molecule has 0 bridgehead atoms. The first-order chi connectivity index (χ1) is 9.90. The summed E-state index contributed by atoms with van der Waals surface area (Å²) in [6.07, 6.45) is 0. The van der Waals surface area contributed by atoms with Crippen molar-refractivity contribution >= 4 is 32.5 Å². The van der Waals surface area contributed by atoms with Crippen LogP contribution in [0.2, 0.25) is 0 Å². The van der Waals surface area contributed by atoms with Gasteiger partial charge in [0, 0.05) is 16.1 Å². The van der Waals surface area contributed by atoms with E-state index in [0.29, 0.717) is 11.6 Å². The largest absolute Gasteiger partial charge is 0.293 e. The molecule has 2 aromatic rings. The summed E-state index contributed by atoms with van der Waals surface area (Å²) in [5.74, 6) is -2.02. The quantitative estimate of drug-likeness (QED) is 0.756. The van der Waals surface area contributed by atoms with Crippen LogP contribution in [0.3, 0.4) is 0 Å². The molecule has 0 heterocycles. The number of carbonyl (C=O) groups is 1. The van der Waals surface area contributed by atoms with E-state index in [9.17, 15) is 17.8 Å². The lowest BCUT2D eigenvalue weighted by Crippen LogP contribution is -2.23. The molecule has 0 fully saturated rings. The van der Waals surface area contributed by atoms with Crippen LogP contribution in [0.15, 0.2) is 51.8 Å². The first kappa shape index (κ1) is 16.0. The number of halogens is 3. The lowest BCUT2D eigenvalue weighted by molar-refractivity contribution is 0.0992. The zero-order valence-corrected chi connectivity index (χ0v) is 13.4. The summed E-state index contributed by atoms with van der Waals surface area (Å²) in [6.45, 7) is 1.46. The van der Waals surface area contributed by atoms with Gasteiger partial charge in [0.25, 0.3) is 0 Å². The van der Waals surface area contributed by atoms with Gasteiger partial charge in [-0.25, -0.2) is 8.78 Å². The van der Waals surface area contributed by atoms with Gasteiger partial charge in [0.1, 0.15) is 11.6 Å². The highest BCUT2D eigenvalue weighted by molar-refractivity contribution is 9.10. The first-order valence-electron chi connectivity index (χ1n) is 6.05. The number of benzene rings is 2. The highest BCUT2D eigenvalue weighted by Crippen LogP contribution is 2.20. The smallest absolute Gasteiger partial charge is 0.178 e. The Kier molecular flexibility index (Phi) is 5.00. The van der Waals surface area contributed by atoms with E-state index in [2.05, 4.69) is 15.9 Å². The molecule has 0 aliphatic heterocycles. The molecule has 2 atom stereocenters. The van der Waals surface area contributed by atoms with Gasteiger partial charge in [-0.1, -0.05) is 28.1 Å². The van der Waals surface area contributed by atoms with Gasteiger partial charge >= 0.3 is 0 Å². The van der Waals surface area contributed by atoms with E-state index in [1.807, 2.05) is 0 Å². The van der Waals surface area contributed by atoms with Crippen molar-refractivity contribution in [3.05, 3.63) is 64.1 Å². The fourth-order valence-electron chi connectivity index (χ4n) is 1.77. The number of ketones is 1. The maximum atomic E-state index is 13.6. The third kappa shape index (κ3) is 3.63. The normalized spacial score (nSPS) is 13.7. The van der Waals surface area contributed by atoms with E-state index in [0.717, 1.165) is 16.6 Å². The Morgan fingerprint density at radius 3 is 2.33 bits per heavy atom. The second-order valence-corrected chi connectivity index (χ2v) is 7.04. The lowest BCUT2D eigenvalue weighted by Gasteiger charge is -2.11. The van der Waals surface area contributed by atoms with Gasteiger partial charge in [0.05, 0.1) is 20.9 Å². The fourth-order valence-corrected chi connectivity index (χ4v) is 3.20.